The summed E-state index contributed by atoms with van der Waals surface area (Å²) < 4.78 is 0. The number of anilines is 1. The second kappa shape index (κ2) is 12.3. The zero-order valence-electron chi connectivity index (χ0n) is 20.2. The number of rotatable bonds is 7. The molecule has 2 N–H and O–H groups in total. The molecule has 1 heterocycles. The van der Waals surface area contributed by atoms with Crippen molar-refractivity contribution in [2.45, 2.75) is 44.7 Å². The highest BCUT2D eigenvalue weighted by molar-refractivity contribution is 6.31. The quantitative estimate of drug-likeness (QED) is 0.510. The van der Waals surface area contributed by atoms with Crippen LogP contribution in [0.5, 0.6) is 0 Å². The molecule has 1 saturated heterocycles. The zero-order valence-corrected chi connectivity index (χ0v) is 21.7. The predicted molar refractivity (Wildman–Crippen MR) is 140 cm³/mol. The first-order chi connectivity index (χ1) is 16.7. The lowest BCUT2D eigenvalue weighted by molar-refractivity contribution is -0.139. The molecule has 4 atom stereocenters. The first-order valence-corrected chi connectivity index (χ1v) is 12.6. The number of piperazine rings is 1. The van der Waals surface area contributed by atoms with Crippen LogP contribution in [0.2, 0.25) is 5.02 Å². The fraction of sp³-hybridized carbons (Fsp3) is 0.423. The van der Waals surface area contributed by atoms with E-state index in [0.29, 0.717) is 42.3 Å². The van der Waals surface area contributed by atoms with Crippen LogP contribution in [0.25, 0.3) is 0 Å². The SMILES string of the molecule is CCC(C)C(NC(=O)C(Cl)c1ccccc1)C(=O)N1CCN(C(=O)Nc2ccc(Cl)cc2)C(C)C1. The number of amides is 4. The van der Waals surface area contributed by atoms with Gasteiger partial charge < -0.3 is 20.4 Å². The summed E-state index contributed by atoms with van der Waals surface area (Å²) in [7, 11) is 0. The Balaban J connectivity index is 1.63. The summed E-state index contributed by atoms with van der Waals surface area (Å²) in [6.07, 6.45) is 0.716. The van der Waals surface area contributed by atoms with E-state index in [0.717, 1.165) is 0 Å². The van der Waals surface area contributed by atoms with Gasteiger partial charge in [0.1, 0.15) is 11.4 Å². The zero-order chi connectivity index (χ0) is 25.5. The molecule has 4 unspecified atom stereocenters. The van der Waals surface area contributed by atoms with E-state index in [4.69, 9.17) is 23.2 Å². The highest BCUT2D eigenvalue weighted by atomic mass is 35.5. The number of carbonyl (C=O) groups is 3. The number of hydrogen-bond donors (Lipinski definition) is 2. The minimum Gasteiger partial charge on any atom is -0.342 e. The molecule has 0 saturated carbocycles. The third kappa shape index (κ3) is 6.89. The minimum atomic E-state index is -0.886. The summed E-state index contributed by atoms with van der Waals surface area (Å²) in [6.45, 7) is 6.96. The van der Waals surface area contributed by atoms with Crippen LogP contribution >= 0.6 is 23.2 Å². The van der Waals surface area contributed by atoms with Crippen molar-refractivity contribution < 1.29 is 14.4 Å². The van der Waals surface area contributed by atoms with E-state index < -0.39 is 17.3 Å². The van der Waals surface area contributed by atoms with Crippen molar-refractivity contribution in [2.24, 2.45) is 5.92 Å². The molecule has 0 radical (unpaired) electrons. The molecular weight excluding hydrogens is 487 g/mol. The van der Waals surface area contributed by atoms with E-state index in [1.165, 1.54) is 0 Å². The molecule has 1 fully saturated rings. The maximum atomic E-state index is 13.5. The number of nitrogens with one attached hydrogen (secondary N) is 2. The maximum Gasteiger partial charge on any atom is 0.322 e. The van der Waals surface area contributed by atoms with Gasteiger partial charge >= 0.3 is 6.03 Å². The van der Waals surface area contributed by atoms with Gasteiger partial charge in [0.05, 0.1) is 0 Å². The van der Waals surface area contributed by atoms with Crippen molar-refractivity contribution in [3.05, 3.63) is 65.2 Å². The third-order valence-corrected chi connectivity index (χ3v) is 7.10. The molecule has 0 aromatic heterocycles. The lowest BCUT2D eigenvalue weighted by Crippen LogP contribution is -2.60. The molecule has 0 aliphatic carbocycles. The smallest absolute Gasteiger partial charge is 0.322 e. The molecule has 2 aromatic carbocycles. The van der Waals surface area contributed by atoms with Gasteiger partial charge in [0.15, 0.2) is 0 Å². The van der Waals surface area contributed by atoms with Gasteiger partial charge in [-0.15, -0.1) is 11.6 Å². The summed E-state index contributed by atoms with van der Waals surface area (Å²) in [6, 6.07) is 14.8. The molecule has 2 aromatic rings. The Morgan fingerprint density at radius 1 is 1.06 bits per heavy atom. The summed E-state index contributed by atoms with van der Waals surface area (Å²) in [5.41, 5.74) is 1.33. The normalized spacial score (nSPS) is 18.4. The van der Waals surface area contributed by atoms with Crippen molar-refractivity contribution in [3.63, 3.8) is 0 Å². The molecule has 7 nitrogen and oxygen atoms in total. The van der Waals surface area contributed by atoms with Gasteiger partial charge in [-0.25, -0.2) is 4.79 Å². The van der Waals surface area contributed by atoms with Gasteiger partial charge in [-0.3, -0.25) is 9.59 Å². The molecule has 188 valence electrons. The number of carbonyl (C=O) groups excluding carboxylic acids is 3. The minimum absolute atomic E-state index is 0.0763. The fourth-order valence-electron chi connectivity index (χ4n) is 4.07. The van der Waals surface area contributed by atoms with Crippen LogP contribution in [0, 0.1) is 5.92 Å². The molecule has 9 heteroatoms. The van der Waals surface area contributed by atoms with E-state index in [9.17, 15) is 14.4 Å². The van der Waals surface area contributed by atoms with Crippen LogP contribution in [-0.4, -0.2) is 59.4 Å². The van der Waals surface area contributed by atoms with Crippen LogP contribution in [0.15, 0.2) is 54.6 Å². The van der Waals surface area contributed by atoms with E-state index in [2.05, 4.69) is 10.6 Å². The van der Waals surface area contributed by atoms with Crippen LogP contribution in [-0.2, 0) is 9.59 Å². The van der Waals surface area contributed by atoms with E-state index >= 15 is 0 Å². The fourth-order valence-corrected chi connectivity index (χ4v) is 4.40. The first-order valence-electron chi connectivity index (χ1n) is 11.8. The molecule has 0 bridgehead atoms. The number of halogens is 2. The summed E-state index contributed by atoms with van der Waals surface area (Å²) in [4.78, 5) is 42.6. The van der Waals surface area contributed by atoms with Crippen LogP contribution < -0.4 is 10.6 Å². The lowest BCUT2D eigenvalue weighted by atomic mass is 9.96. The number of hydrogen-bond acceptors (Lipinski definition) is 3. The Bertz CT molecular complexity index is 1020. The van der Waals surface area contributed by atoms with Crippen molar-refractivity contribution in [3.8, 4) is 0 Å². The number of nitrogens with zero attached hydrogens (tertiary/aromatic N) is 2. The highest BCUT2D eigenvalue weighted by Gasteiger charge is 2.36. The molecule has 4 amide bonds. The van der Waals surface area contributed by atoms with E-state index in [1.807, 2.05) is 39.0 Å². The average Bonchev–Trinajstić information content (AvgIpc) is 2.87. The van der Waals surface area contributed by atoms with Crippen molar-refractivity contribution in [1.29, 1.82) is 0 Å². The molecule has 1 aliphatic rings. The predicted octanol–water partition coefficient (Wildman–Crippen LogP) is 4.92. The van der Waals surface area contributed by atoms with E-state index in [1.54, 1.807) is 46.2 Å². The van der Waals surface area contributed by atoms with Crippen LogP contribution in [0.4, 0.5) is 10.5 Å². The average molecular weight is 519 g/mol. The second-order valence-corrected chi connectivity index (χ2v) is 9.78. The highest BCUT2D eigenvalue weighted by Crippen LogP contribution is 2.22. The summed E-state index contributed by atoms with van der Waals surface area (Å²) in [5, 5.41) is 5.46. The number of alkyl halides is 1. The number of benzene rings is 2. The summed E-state index contributed by atoms with van der Waals surface area (Å²) >= 11 is 12.3. The molecular formula is C26H32Cl2N4O3. The van der Waals surface area contributed by atoms with Crippen LogP contribution in [0.1, 0.15) is 38.1 Å². The van der Waals surface area contributed by atoms with Gasteiger partial charge in [0.2, 0.25) is 11.8 Å². The standard InChI is InChI=1S/C26H32Cl2N4O3/c1-4-17(2)23(30-24(33)22(28)19-8-6-5-7-9-19)25(34)31-14-15-32(18(3)16-31)26(35)29-21-12-10-20(27)11-13-21/h5-13,17-18,22-23H,4,14-16H2,1-3H3,(H,29,35)(H,30,33). The Hall–Kier alpha value is -2.77. The number of urea groups is 1. The largest absolute Gasteiger partial charge is 0.342 e. The van der Waals surface area contributed by atoms with Gasteiger partial charge in [0, 0.05) is 36.4 Å². The topological polar surface area (TPSA) is 81.8 Å². The maximum absolute atomic E-state index is 13.5. The Morgan fingerprint density at radius 2 is 1.71 bits per heavy atom. The molecule has 1 aliphatic heterocycles. The first kappa shape index (κ1) is 26.8. The second-order valence-electron chi connectivity index (χ2n) is 8.91. The molecule has 35 heavy (non-hydrogen) atoms. The Kier molecular flexibility index (Phi) is 9.40. The lowest BCUT2D eigenvalue weighted by Gasteiger charge is -2.41. The van der Waals surface area contributed by atoms with Gasteiger partial charge in [-0.1, -0.05) is 62.2 Å². The summed E-state index contributed by atoms with van der Waals surface area (Å²) in [5.74, 6) is -0.632. The van der Waals surface area contributed by atoms with Crippen molar-refractivity contribution >= 4 is 46.7 Å². The Morgan fingerprint density at radius 3 is 2.31 bits per heavy atom. The van der Waals surface area contributed by atoms with Gasteiger partial charge in [-0.2, -0.15) is 0 Å². The molecule has 3 rings (SSSR count). The van der Waals surface area contributed by atoms with E-state index in [-0.39, 0.29) is 23.9 Å². The molecule has 0 spiro atoms. The monoisotopic (exact) mass is 518 g/mol. The Labute approximate surface area is 216 Å². The van der Waals surface area contributed by atoms with Gasteiger partial charge in [0.25, 0.3) is 0 Å². The van der Waals surface area contributed by atoms with Gasteiger partial charge in [-0.05, 0) is 42.7 Å². The third-order valence-electron chi connectivity index (χ3n) is 6.39. The van der Waals surface area contributed by atoms with Crippen molar-refractivity contribution in [2.75, 3.05) is 25.0 Å². The van der Waals surface area contributed by atoms with Crippen molar-refractivity contribution in [1.82, 2.24) is 15.1 Å². The van der Waals surface area contributed by atoms with Crippen LogP contribution in [0.3, 0.4) is 0 Å².